The molecule has 0 bridgehead atoms. The molecule has 2 aromatic rings. The van der Waals surface area contributed by atoms with Gasteiger partial charge in [0.05, 0.1) is 4.90 Å². The number of amides is 1. The van der Waals surface area contributed by atoms with Crippen LogP contribution in [-0.4, -0.2) is 20.6 Å². The van der Waals surface area contributed by atoms with Gasteiger partial charge in [-0.15, -0.1) is 0 Å². The van der Waals surface area contributed by atoms with Gasteiger partial charge in [0, 0.05) is 22.8 Å². The fraction of sp³-hybridized carbons (Fsp3) is 0.188. The summed E-state index contributed by atoms with van der Waals surface area (Å²) in [7, 11) is -3.33. The van der Waals surface area contributed by atoms with Crippen LogP contribution in [-0.2, 0) is 21.1 Å². The van der Waals surface area contributed by atoms with Crippen molar-refractivity contribution in [1.29, 1.82) is 0 Å². The van der Waals surface area contributed by atoms with Gasteiger partial charge in [-0.2, -0.15) is 0 Å². The fourth-order valence-electron chi connectivity index (χ4n) is 2.00. The Kier molecular flexibility index (Phi) is 5.54. The summed E-state index contributed by atoms with van der Waals surface area (Å²) in [6.07, 6.45) is 1.46. The molecule has 2 rings (SSSR count). The minimum absolute atomic E-state index is 0.0989. The number of carbonyl (C=O) groups is 1. The van der Waals surface area contributed by atoms with E-state index < -0.39 is 9.84 Å². The Morgan fingerprint density at radius 1 is 1.22 bits per heavy atom. The topological polar surface area (TPSA) is 63.2 Å². The standard InChI is InChI=1S/C16H15BrFNO3S/c1-23(21,22)14-4-2-3-13(10-14)19-16(20)8-6-11-5-7-12(17)9-15(11)18/h2-5,7,9-10H,6,8H2,1H3,(H,19,20). The summed E-state index contributed by atoms with van der Waals surface area (Å²) in [5, 5.41) is 2.62. The molecule has 122 valence electrons. The van der Waals surface area contributed by atoms with Gasteiger partial charge < -0.3 is 5.32 Å². The van der Waals surface area contributed by atoms with E-state index in [1.165, 1.54) is 18.2 Å². The van der Waals surface area contributed by atoms with Gasteiger partial charge in [0.15, 0.2) is 9.84 Å². The first-order valence-electron chi connectivity index (χ1n) is 6.79. The Morgan fingerprint density at radius 3 is 2.61 bits per heavy atom. The van der Waals surface area contributed by atoms with Gasteiger partial charge >= 0.3 is 0 Å². The van der Waals surface area contributed by atoms with Gasteiger partial charge in [0.1, 0.15) is 5.82 Å². The SMILES string of the molecule is CS(=O)(=O)c1cccc(NC(=O)CCc2ccc(Br)cc2F)c1. The van der Waals surface area contributed by atoms with Crippen molar-refractivity contribution in [3.05, 3.63) is 58.3 Å². The molecule has 23 heavy (non-hydrogen) atoms. The third kappa shape index (κ3) is 5.14. The minimum atomic E-state index is -3.33. The van der Waals surface area contributed by atoms with Gasteiger partial charge in [0.25, 0.3) is 0 Å². The van der Waals surface area contributed by atoms with E-state index in [0.717, 1.165) is 6.26 Å². The summed E-state index contributed by atoms with van der Waals surface area (Å²) < 4.78 is 37.3. The molecule has 0 unspecified atom stereocenters. The van der Waals surface area contributed by atoms with E-state index in [1.807, 2.05) is 0 Å². The molecule has 4 nitrogen and oxygen atoms in total. The molecule has 0 fully saturated rings. The Morgan fingerprint density at radius 2 is 1.96 bits per heavy atom. The molecule has 0 aliphatic rings. The number of anilines is 1. The number of aryl methyl sites for hydroxylation is 1. The van der Waals surface area contributed by atoms with Crippen LogP contribution in [0.2, 0.25) is 0 Å². The lowest BCUT2D eigenvalue weighted by atomic mass is 10.1. The molecule has 0 aromatic heterocycles. The van der Waals surface area contributed by atoms with Crippen molar-refractivity contribution in [3.63, 3.8) is 0 Å². The van der Waals surface area contributed by atoms with Crippen LogP contribution in [0.4, 0.5) is 10.1 Å². The highest BCUT2D eigenvalue weighted by atomic mass is 79.9. The average Bonchev–Trinajstić information content (AvgIpc) is 2.45. The number of halogens is 2. The van der Waals surface area contributed by atoms with Crippen molar-refractivity contribution in [2.75, 3.05) is 11.6 Å². The molecule has 0 spiro atoms. The zero-order valence-corrected chi connectivity index (χ0v) is 14.7. The van der Waals surface area contributed by atoms with Crippen LogP contribution < -0.4 is 5.32 Å². The molecule has 1 N–H and O–H groups in total. The lowest BCUT2D eigenvalue weighted by Gasteiger charge is -2.07. The number of hydrogen-bond donors (Lipinski definition) is 1. The molecule has 0 heterocycles. The van der Waals surface area contributed by atoms with Crippen LogP contribution in [0.3, 0.4) is 0 Å². The molecule has 0 radical (unpaired) electrons. The van der Waals surface area contributed by atoms with Crippen molar-refractivity contribution >= 4 is 37.4 Å². The average molecular weight is 400 g/mol. The molecule has 0 saturated carbocycles. The number of hydrogen-bond acceptors (Lipinski definition) is 3. The van der Waals surface area contributed by atoms with Crippen LogP contribution in [0.5, 0.6) is 0 Å². The third-order valence-corrected chi connectivity index (χ3v) is 4.79. The third-order valence-electron chi connectivity index (χ3n) is 3.18. The Bertz CT molecular complexity index is 837. The van der Waals surface area contributed by atoms with Crippen molar-refractivity contribution in [2.45, 2.75) is 17.7 Å². The molecular formula is C16H15BrFNO3S. The van der Waals surface area contributed by atoms with Gasteiger partial charge in [-0.1, -0.05) is 28.1 Å². The second-order valence-corrected chi connectivity index (χ2v) is 8.02. The highest BCUT2D eigenvalue weighted by Gasteiger charge is 2.10. The van der Waals surface area contributed by atoms with Crippen molar-refractivity contribution in [1.82, 2.24) is 0 Å². The van der Waals surface area contributed by atoms with Crippen LogP contribution in [0.25, 0.3) is 0 Å². The lowest BCUT2D eigenvalue weighted by molar-refractivity contribution is -0.116. The van der Waals surface area contributed by atoms with Crippen molar-refractivity contribution in [2.24, 2.45) is 0 Å². The highest BCUT2D eigenvalue weighted by Crippen LogP contribution is 2.18. The van der Waals surface area contributed by atoms with E-state index in [-0.39, 0.29) is 29.5 Å². The summed E-state index contributed by atoms with van der Waals surface area (Å²) in [5.41, 5.74) is 0.849. The van der Waals surface area contributed by atoms with Crippen LogP contribution in [0, 0.1) is 5.82 Å². The first kappa shape index (κ1) is 17.6. The minimum Gasteiger partial charge on any atom is -0.326 e. The van der Waals surface area contributed by atoms with Crippen LogP contribution >= 0.6 is 15.9 Å². The Hall–Kier alpha value is -1.73. The molecule has 0 saturated heterocycles. The van der Waals surface area contributed by atoms with Crippen LogP contribution in [0.1, 0.15) is 12.0 Å². The maximum Gasteiger partial charge on any atom is 0.224 e. The largest absolute Gasteiger partial charge is 0.326 e. The van der Waals surface area contributed by atoms with E-state index in [1.54, 1.807) is 24.3 Å². The molecule has 1 amide bonds. The summed E-state index contributed by atoms with van der Waals surface area (Å²) >= 11 is 3.17. The predicted octanol–water partition coefficient (Wildman–Crippen LogP) is 3.56. The lowest BCUT2D eigenvalue weighted by Crippen LogP contribution is -2.13. The maximum atomic E-state index is 13.7. The molecule has 2 aromatic carbocycles. The molecule has 0 atom stereocenters. The van der Waals surface area contributed by atoms with E-state index in [9.17, 15) is 17.6 Å². The molecular weight excluding hydrogens is 385 g/mol. The van der Waals surface area contributed by atoms with E-state index in [0.29, 0.717) is 15.7 Å². The molecule has 0 aliphatic heterocycles. The smallest absolute Gasteiger partial charge is 0.224 e. The van der Waals surface area contributed by atoms with Crippen LogP contribution in [0.15, 0.2) is 51.8 Å². The number of benzene rings is 2. The summed E-state index contributed by atoms with van der Waals surface area (Å²) in [6.45, 7) is 0. The zero-order valence-electron chi connectivity index (χ0n) is 12.3. The van der Waals surface area contributed by atoms with Crippen molar-refractivity contribution < 1.29 is 17.6 Å². The number of rotatable bonds is 5. The van der Waals surface area contributed by atoms with E-state index >= 15 is 0 Å². The number of nitrogens with one attached hydrogen (secondary N) is 1. The zero-order chi connectivity index (χ0) is 17.0. The van der Waals surface area contributed by atoms with Gasteiger partial charge in [-0.05, 0) is 42.3 Å². The first-order chi connectivity index (χ1) is 10.8. The Balaban J connectivity index is 2.00. The summed E-state index contributed by atoms with van der Waals surface area (Å²) in [5.74, 6) is -0.677. The maximum absolute atomic E-state index is 13.7. The monoisotopic (exact) mass is 399 g/mol. The Labute approximate surface area is 142 Å². The quantitative estimate of drug-likeness (QED) is 0.835. The van der Waals surface area contributed by atoms with E-state index in [2.05, 4.69) is 21.2 Å². The van der Waals surface area contributed by atoms with Gasteiger partial charge in [-0.3, -0.25) is 4.79 Å². The number of sulfone groups is 1. The van der Waals surface area contributed by atoms with Gasteiger partial charge in [-0.25, -0.2) is 12.8 Å². The van der Waals surface area contributed by atoms with E-state index in [4.69, 9.17) is 0 Å². The first-order valence-corrected chi connectivity index (χ1v) is 9.48. The summed E-state index contributed by atoms with van der Waals surface area (Å²) in [6, 6.07) is 10.7. The summed E-state index contributed by atoms with van der Waals surface area (Å²) in [4.78, 5) is 12.1. The second kappa shape index (κ2) is 7.23. The number of carbonyl (C=O) groups excluding carboxylic acids is 1. The van der Waals surface area contributed by atoms with Gasteiger partial charge in [0.2, 0.25) is 5.91 Å². The highest BCUT2D eigenvalue weighted by molar-refractivity contribution is 9.10. The van der Waals surface area contributed by atoms with Crippen molar-refractivity contribution in [3.8, 4) is 0 Å². The molecule has 7 heteroatoms. The second-order valence-electron chi connectivity index (χ2n) is 5.08. The predicted molar refractivity (Wildman–Crippen MR) is 90.6 cm³/mol. The molecule has 0 aliphatic carbocycles. The normalized spacial score (nSPS) is 11.3. The fourth-order valence-corrected chi connectivity index (χ4v) is 3.00.